The van der Waals surface area contributed by atoms with Gasteiger partial charge in [-0.15, -0.1) is 11.3 Å². The van der Waals surface area contributed by atoms with Crippen LogP contribution in [0, 0.1) is 20.8 Å². The molecule has 0 fully saturated rings. The quantitative estimate of drug-likeness (QED) is 0.577. The molecule has 0 unspecified atom stereocenters. The van der Waals surface area contributed by atoms with E-state index in [1.54, 1.807) is 29.9 Å². The van der Waals surface area contributed by atoms with Gasteiger partial charge in [-0.3, -0.25) is 4.79 Å². The fourth-order valence-corrected chi connectivity index (χ4v) is 4.03. The van der Waals surface area contributed by atoms with Crippen molar-refractivity contribution >= 4 is 45.0 Å². The second kappa shape index (κ2) is 6.64. The summed E-state index contributed by atoms with van der Waals surface area (Å²) in [5.41, 5.74) is 2.25. The number of rotatable bonds is 4. The normalized spacial score (nSPS) is 10.9. The highest BCUT2D eigenvalue weighted by molar-refractivity contribution is 8.00. The summed E-state index contributed by atoms with van der Waals surface area (Å²) in [4.78, 5) is 27.1. The summed E-state index contributed by atoms with van der Waals surface area (Å²) in [6.45, 7) is 6.10. The van der Waals surface area contributed by atoms with Gasteiger partial charge in [-0.05, 0) is 38.0 Å². The molecule has 3 aromatic rings. The first-order valence-corrected chi connectivity index (χ1v) is 8.91. The Balaban J connectivity index is 1.71. The van der Waals surface area contributed by atoms with Crippen LogP contribution in [0.15, 0.2) is 29.7 Å². The molecule has 1 amide bonds. The van der Waals surface area contributed by atoms with Gasteiger partial charge in [0.1, 0.15) is 22.0 Å². The second-order valence-corrected chi connectivity index (χ2v) is 7.37. The van der Waals surface area contributed by atoms with Crippen LogP contribution in [0.1, 0.15) is 16.0 Å². The SMILES string of the molecule is Cc1ccc(NC(=O)CSc2ncnc3sc(C)c(C)c23)nc1. The molecule has 7 heteroatoms. The molecule has 23 heavy (non-hydrogen) atoms. The summed E-state index contributed by atoms with van der Waals surface area (Å²) >= 11 is 3.08. The van der Waals surface area contributed by atoms with Gasteiger partial charge in [0.2, 0.25) is 5.91 Å². The topological polar surface area (TPSA) is 67.8 Å². The number of anilines is 1. The van der Waals surface area contributed by atoms with E-state index in [0.29, 0.717) is 5.82 Å². The van der Waals surface area contributed by atoms with Gasteiger partial charge in [0.05, 0.1) is 5.75 Å². The number of hydrogen-bond donors (Lipinski definition) is 1. The zero-order chi connectivity index (χ0) is 16.4. The lowest BCUT2D eigenvalue weighted by atomic mass is 10.2. The Morgan fingerprint density at radius 3 is 2.78 bits per heavy atom. The van der Waals surface area contributed by atoms with Crippen LogP contribution in [-0.2, 0) is 4.79 Å². The van der Waals surface area contributed by atoms with E-state index in [1.165, 1.54) is 22.2 Å². The third-order valence-corrected chi connectivity index (χ3v) is 5.55. The van der Waals surface area contributed by atoms with E-state index in [1.807, 2.05) is 13.0 Å². The van der Waals surface area contributed by atoms with E-state index in [-0.39, 0.29) is 11.7 Å². The van der Waals surface area contributed by atoms with E-state index in [2.05, 4.69) is 34.1 Å². The van der Waals surface area contributed by atoms with E-state index in [4.69, 9.17) is 0 Å². The van der Waals surface area contributed by atoms with Gasteiger partial charge in [0.15, 0.2) is 0 Å². The maximum Gasteiger partial charge on any atom is 0.235 e. The van der Waals surface area contributed by atoms with Crippen LogP contribution in [0.25, 0.3) is 10.2 Å². The van der Waals surface area contributed by atoms with Crippen molar-refractivity contribution < 1.29 is 4.79 Å². The zero-order valence-corrected chi connectivity index (χ0v) is 14.7. The number of nitrogens with one attached hydrogen (secondary N) is 1. The molecule has 0 aliphatic rings. The molecule has 0 bridgehead atoms. The molecule has 0 aliphatic heterocycles. The second-order valence-electron chi connectivity index (χ2n) is 5.20. The van der Waals surface area contributed by atoms with Crippen LogP contribution in [-0.4, -0.2) is 26.6 Å². The van der Waals surface area contributed by atoms with E-state index < -0.39 is 0 Å². The molecule has 0 saturated heterocycles. The van der Waals surface area contributed by atoms with Crippen molar-refractivity contribution in [3.63, 3.8) is 0 Å². The lowest BCUT2D eigenvalue weighted by Gasteiger charge is -2.05. The zero-order valence-electron chi connectivity index (χ0n) is 13.1. The van der Waals surface area contributed by atoms with Crippen LogP contribution in [0.4, 0.5) is 5.82 Å². The Labute approximate surface area is 142 Å². The third-order valence-electron chi connectivity index (χ3n) is 3.45. The Morgan fingerprint density at radius 2 is 2.04 bits per heavy atom. The minimum atomic E-state index is -0.0947. The Hall–Kier alpha value is -1.99. The van der Waals surface area contributed by atoms with Crippen molar-refractivity contribution in [1.82, 2.24) is 15.0 Å². The largest absolute Gasteiger partial charge is 0.310 e. The Morgan fingerprint density at radius 1 is 1.22 bits per heavy atom. The van der Waals surface area contributed by atoms with E-state index in [9.17, 15) is 4.79 Å². The standard InChI is InChI=1S/C16H16N4OS2/c1-9-4-5-12(17-6-9)20-13(21)7-22-15-14-10(2)11(3)23-16(14)19-8-18-15/h4-6,8H,7H2,1-3H3,(H,17,20,21). The van der Waals surface area contributed by atoms with Gasteiger partial charge in [0, 0.05) is 16.5 Å². The number of carbonyl (C=O) groups is 1. The summed E-state index contributed by atoms with van der Waals surface area (Å²) in [6, 6.07) is 3.72. The van der Waals surface area contributed by atoms with Crippen LogP contribution < -0.4 is 5.32 Å². The molecule has 0 aliphatic carbocycles. The maximum atomic E-state index is 12.1. The monoisotopic (exact) mass is 344 g/mol. The van der Waals surface area contributed by atoms with Crippen LogP contribution in [0.2, 0.25) is 0 Å². The summed E-state index contributed by atoms with van der Waals surface area (Å²) < 4.78 is 0. The number of fused-ring (bicyclic) bond motifs is 1. The predicted octanol–water partition coefficient (Wildman–Crippen LogP) is 3.74. The van der Waals surface area contributed by atoms with Gasteiger partial charge < -0.3 is 5.32 Å². The molecule has 3 heterocycles. The highest BCUT2D eigenvalue weighted by atomic mass is 32.2. The molecule has 0 saturated carbocycles. The van der Waals surface area contributed by atoms with Gasteiger partial charge in [-0.1, -0.05) is 17.8 Å². The summed E-state index contributed by atoms with van der Waals surface area (Å²) in [6.07, 6.45) is 3.29. The first kappa shape index (κ1) is 15.9. The lowest BCUT2D eigenvalue weighted by molar-refractivity contribution is -0.113. The van der Waals surface area contributed by atoms with E-state index in [0.717, 1.165) is 20.8 Å². The minimum Gasteiger partial charge on any atom is -0.310 e. The molecule has 3 rings (SSSR count). The fraction of sp³-hybridized carbons (Fsp3) is 0.250. The molecular formula is C16H16N4OS2. The molecule has 5 nitrogen and oxygen atoms in total. The van der Waals surface area contributed by atoms with Crippen molar-refractivity contribution in [3.05, 3.63) is 40.7 Å². The molecule has 118 valence electrons. The summed E-state index contributed by atoms with van der Waals surface area (Å²) in [7, 11) is 0. The average Bonchev–Trinajstić information content (AvgIpc) is 2.83. The van der Waals surface area contributed by atoms with Crippen LogP contribution >= 0.6 is 23.1 Å². The smallest absolute Gasteiger partial charge is 0.235 e. The number of hydrogen-bond acceptors (Lipinski definition) is 6. The number of aromatic nitrogens is 3. The van der Waals surface area contributed by atoms with Crippen LogP contribution in [0.5, 0.6) is 0 Å². The molecule has 3 aromatic heterocycles. The molecule has 0 spiro atoms. The summed E-state index contributed by atoms with van der Waals surface area (Å²) in [5.74, 6) is 0.759. The number of thiophene rings is 1. The third kappa shape index (κ3) is 3.51. The predicted molar refractivity (Wildman–Crippen MR) is 95.2 cm³/mol. The molecular weight excluding hydrogens is 328 g/mol. The van der Waals surface area contributed by atoms with Crippen molar-refractivity contribution in [1.29, 1.82) is 0 Å². The number of nitrogens with zero attached hydrogens (tertiary/aromatic N) is 3. The fourth-order valence-electron chi connectivity index (χ4n) is 2.11. The number of thioether (sulfide) groups is 1. The first-order chi connectivity index (χ1) is 11.0. The average molecular weight is 344 g/mol. The molecule has 1 N–H and O–H groups in total. The van der Waals surface area contributed by atoms with Crippen molar-refractivity contribution in [2.75, 3.05) is 11.1 Å². The Kier molecular flexibility index (Phi) is 4.58. The van der Waals surface area contributed by atoms with Gasteiger partial charge >= 0.3 is 0 Å². The number of pyridine rings is 1. The molecule has 0 aromatic carbocycles. The van der Waals surface area contributed by atoms with Gasteiger partial charge in [0.25, 0.3) is 0 Å². The molecule has 0 atom stereocenters. The van der Waals surface area contributed by atoms with Crippen molar-refractivity contribution in [2.24, 2.45) is 0 Å². The van der Waals surface area contributed by atoms with Crippen molar-refractivity contribution in [3.8, 4) is 0 Å². The molecule has 0 radical (unpaired) electrons. The van der Waals surface area contributed by atoms with Gasteiger partial charge in [-0.25, -0.2) is 15.0 Å². The number of amides is 1. The first-order valence-electron chi connectivity index (χ1n) is 7.10. The lowest BCUT2D eigenvalue weighted by Crippen LogP contribution is -2.15. The Bertz CT molecular complexity index is 858. The highest BCUT2D eigenvalue weighted by Crippen LogP contribution is 2.34. The summed E-state index contributed by atoms with van der Waals surface area (Å²) in [5, 5.41) is 4.70. The van der Waals surface area contributed by atoms with Gasteiger partial charge in [-0.2, -0.15) is 0 Å². The highest BCUT2D eigenvalue weighted by Gasteiger charge is 2.13. The van der Waals surface area contributed by atoms with Crippen LogP contribution in [0.3, 0.4) is 0 Å². The van der Waals surface area contributed by atoms with Crippen molar-refractivity contribution in [2.45, 2.75) is 25.8 Å². The van der Waals surface area contributed by atoms with E-state index >= 15 is 0 Å². The maximum absolute atomic E-state index is 12.1. The minimum absolute atomic E-state index is 0.0947. The number of aryl methyl sites for hydroxylation is 3. The number of carbonyl (C=O) groups excluding carboxylic acids is 1.